The summed E-state index contributed by atoms with van der Waals surface area (Å²) in [4.78, 5) is 15.2. The molecule has 0 aromatic carbocycles. The zero-order valence-corrected chi connectivity index (χ0v) is 14.8. The first-order chi connectivity index (χ1) is 10.4. The molecule has 0 radical (unpaired) electrons. The molecule has 1 aromatic rings. The molecule has 0 saturated carbocycles. The second-order valence-corrected chi connectivity index (χ2v) is 7.13. The second-order valence-electron chi connectivity index (χ2n) is 7.13. The minimum absolute atomic E-state index is 0.202. The van der Waals surface area contributed by atoms with Crippen LogP contribution in [-0.2, 0) is 26.1 Å². The Morgan fingerprint density at radius 1 is 1.32 bits per heavy atom. The first-order valence-corrected chi connectivity index (χ1v) is 8.58. The summed E-state index contributed by atoms with van der Waals surface area (Å²) in [6.45, 7) is 12.2. The molecular weight excluding hydrogens is 274 g/mol. The van der Waals surface area contributed by atoms with Gasteiger partial charge in [-0.15, -0.1) is 0 Å². The van der Waals surface area contributed by atoms with E-state index in [1.165, 1.54) is 11.3 Å². The number of likely N-dealkylation sites (N-methyl/N-ethyl adjacent to an activating group) is 1. The van der Waals surface area contributed by atoms with Gasteiger partial charge < -0.3 is 14.8 Å². The summed E-state index contributed by atoms with van der Waals surface area (Å²) in [5, 5.41) is 3.46. The summed E-state index contributed by atoms with van der Waals surface area (Å²) in [6.07, 6.45) is 2.06. The van der Waals surface area contributed by atoms with Crippen LogP contribution >= 0.6 is 0 Å². The number of nitrogens with zero attached hydrogens (tertiary/aromatic N) is 2. The van der Waals surface area contributed by atoms with Crippen LogP contribution in [0.25, 0.3) is 0 Å². The lowest BCUT2D eigenvalue weighted by atomic mass is 10.0. The van der Waals surface area contributed by atoms with E-state index in [0.29, 0.717) is 18.5 Å². The van der Waals surface area contributed by atoms with Crippen molar-refractivity contribution in [1.29, 1.82) is 0 Å². The van der Waals surface area contributed by atoms with E-state index in [2.05, 4.69) is 51.0 Å². The molecule has 1 unspecified atom stereocenters. The highest BCUT2D eigenvalue weighted by molar-refractivity contribution is 5.29. The summed E-state index contributed by atoms with van der Waals surface area (Å²) in [6, 6.07) is 2.58. The molecule has 0 amide bonds. The number of aromatic nitrogens is 1. The molecule has 4 nitrogen and oxygen atoms in total. The van der Waals surface area contributed by atoms with E-state index >= 15 is 0 Å². The Kier molecular flexibility index (Phi) is 5.81. The van der Waals surface area contributed by atoms with Gasteiger partial charge in [-0.1, -0.05) is 20.8 Å². The molecule has 2 rings (SSSR count). The Morgan fingerprint density at radius 3 is 2.68 bits per heavy atom. The largest absolute Gasteiger partial charge is 0.312 e. The minimum atomic E-state index is 0.202. The predicted molar refractivity (Wildman–Crippen MR) is 92.2 cm³/mol. The fourth-order valence-corrected chi connectivity index (χ4v) is 3.04. The Hall–Kier alpha value is -1.13. The molecule has 1 atom stereocenters. The van der Waals surface area contributed by atoms with Crippen LogP contribution in [0, 0.1) is 5.92 Å². The van der Waals surface area contributed by atoms with Crippen molar-refractivity contribution in [3.05, 3.63) is 33.2 Å². The maximum atomic E-state index is 12.9. The Bertz CT molecular complexity index is 562. The smallest absolute Gasteiger partial charge is 0.255 e. The number of hydrogen-bond acceptors (Lipinski definition) is 3. The van der Waals surface area contributed by atoms with E-state index in [4.69, 9.17) is 0 Å². The average Bonchev–Trinajstić information content (AvgIpc) is 2.47. The van der Waals surface area contributed by atoms with Gasteiger partial charge in [-0.3, -0.25) is 4.79 Å². The van der Waals surface area contributed by atoms with Crippen molar-refractivity contribution in [2.45, 2.75) is 66.2 Å². The highest BCUT2D eigenvalue weighted by Gasteiger charge is 2.20. The van der Waals surface area contributed by atoms with Gasteiger partial charge in [0.2, 0.25) is 0 Å². The molecule has 124 valence electrons. The number of pyridine rings is 1. The van der Waals surface area contributed by atoms with Gasteiger partial charge in [0, 0.05) is 49.9 Å². The van der Waals surface area contributed by atoms with E-state index in [1.807, 2.05) is 4.57 Å². The summed E-state index contributed by atoms with van der Waals surface area (Å²) in [5.41, 5.74) is 3.70. The van der Waals surface area contributed by atoms with E-state index < -0.39 is 0 Å². The predicted octanol–water partition coefficient (Wildman–Crippen LogP) is 2.38. The minimum Gasteiger partial charge on any atom is -0.312 e. The van der Waals surface area contributed by atoms with Crippen LogP contribution in [0.2, 0.25) is 0 Å². The Labute approximate surface area is 134 Å². The molecule has 4 heteroatoms. The van der Waals surface area contributed by atoms with Crippen molar-refractivity contribution in [3.63, 3.8) is 0 Å². The second kappa shape index (κ2) is 7.42. The highest BCUT2D eigenvalue weighted by atomic mass is 16.1. The third kappa shape index (κ3) is 3.99. The van der Waals surface area contributed by atoms with Crippen molar-refractivity contribution in [1.82, 2.24) is 14.8 Å². The van der Waals surface area contributed by atoms with Crippen molar-refractivity contribution in [2.75, 3.05) is 13.6 Å². The molecule has 1 N–H and O–H groups in total. The molecule has 1 aliphatic heterocycles. The number of nitrogens with one attached hydrogen (secondary N) is 1. The fraction of sp³-hybridized carbons (Fsp3) is 0.722. The molecule has 22 heavy (non-hydrogen) atoms. The molecule has 0 spiro atoms. The Balaban J connectivity index is 2.37. The van der Waals surface area contributed by atoms with Gasteiger partial charge in [0.15, 0.2) is 0 Å². The first kappa shape index (κ1) is 17.2. The lowest BCUT2D eigenvalue weighted by molar-refractivity contribution is 0.301. The van der Waals surface area contributed by atoms with E-state index in [9.17, 15) is 4.79 Å². The van der Waals surface area contributed by atoms with Crippen LogP contribution in [-0.4, -0.2) is 29.1 Å². The topological polar surface area (TPSA) is 37.3 Å². The average molecular weight is 305 g/mol. The first-order valence-electron chi connectivity index (χ1n) is 8.58. The van der Waals surface area contributed by atoms with E-state index in [0.717, 1.165) is 38.0 Å². The standard InChI is InChI=1S/C18H31N3O/c1-6-14(4)19-10-15-9-16-12-20(5)8-7-17(16)21(18(15)22)11-13(2)3/h9,13-14,19H,6-8,10-12H2,1-5H3. The Morgan fingerprint density at radius 2 is 2.05 bits per heavy atom. The van der Waals surface area contributed by atoms with Gasteiger partial charge in [-0.2, -0.15) is 0 Å². The number of hydrogen-bond donors (Lipinski definition) is 1. The zero-order valence-electron chi connectivity index (χ0n) is 14.8. The van der Waals surface area contributed by atoms with Gasteiger partial charge in [0.1, 0.15) is 0 Å². The van der Waals surface area contributed by atoms with Gasteiger partial charge in [0.05, 0.1) is 0 Å². The molecule has 0 saturated heterocycles. The normalized spacial score (nSPS) is 16.8. The third-order valence-corrected chi connectivity index (χ3v) is 4.54. The van der Waals surface area contributed by atoms with E-state index in [-0.39, 0.29) is 5.56 Å². The summed E-state index contributed by atoms with van der Waals surface area (Å²) >= 11 is 0. The third-order valence-electron chi connectivity index (χ3n) is 4.54. The van der Waals surface area contributed by atoms with Crippen molar-refractivity contribution >= 4 is 0 Å². The van der Waals surface area contributed by atoms with Crippen LogP contribution in [0.1, 0.15) is 50.9 Å². The van der Waals surface area contributed by atoms with Gasteiger partial charge in [-0.05, 0) is 37.9 Å². The van der Waals surface area contributed by atoms with Crippen molar-refractivity contribution < 1.29 is 0 Å². The molecule has 0 fully saturated rings. The summed E-state index contributed by atoms with van der Waals surface area (Å²) < 4.78 is 2.04. The maximum absolute atomic E-state index is 12.9. The zero-order chi connectivity index (χ0) is 16.3. The molecule has 1 aliphatic rings. The molecule has 0 bridgehead atoms. The monoisotopic (exact) mass is 305 g/mol. The van der Waals surface area contributed by atoms with Crippen molar-refractivity contribution in [2.24, 2.45) is 5.92 Å². The quantitative estimate of drug-likeness (QED) is 0.877. The number of rotatable bonds is 6. The molecule has 0 aliphatic carbocycles. The van der Waals surface area contributed by atoms with Crippen LogP contribution < -0.4 is 10.9 Å². The lowest BCUT2D eigenvalue weighted by Crippen LogP contribution is -2.38. The van der Waals surface area contributed by atoms with Crippen LogP contribution in [0.4, 0.5) is 0 Å². The molecular formula is C18H31N3O. The van der Waals surface area contributed by atoms with Gasteiger partial charge in [0.25, 0.3) is 5.56 Å². The van der Waals surface area contributed by atoms with Crippen LogP contribution in [0.3, 0.4) is 0 Å². The molecule has 2 heterocycles. The summed E-state index contributed by atoms with van der Waals surface area (Å²) in [7, 11) is 2.15. The van der Waals surface area contributed by atoms with Crippen molar-refractivity contribution in [3.8, 4) is 0 Å². The number of fused-ring (bicyclic) bond motifs is 1. The van der Waals surface area contributed by atoms with E-state index in [1.54, 1.807) is 0 Å². The lowest BCUT2D eigenvalue weighted by Gasteiger charge is -2.29. The summed E-state index contributed by atoms with van der Waals surface area (Å²) in [5.74, 6) is 0.485. The highest BCUT2D eigenvalue weighted by Crippen LogP contribution is 2.19. The van der Waals surface area contributed by atoms with Crippen LogP contribution in [0.5, 0.6) is 0 Å². The fourth-order valence-electron chi connectivity index (χ4n) is 3.04. The SMILES string of the molecule is CCC(C)NCc1cc2c(n(CC(C)C)c1=O)CCN(C)C2. The molecule has 1 aromatic heterocycles. The van der Waals surface area contributed by atoms with Gasteiger partial charge >= 0.3 is 0 Å². The van der Waals surface area contributed by atoms with Crippen LogP contribution in [0.15, 0.2) is 10.9 Å². The van der Waals surface area contributed by atoms with Gasteiger partial charge in [-0.25, -0.2) is 0 Å². The maximum Gasteiger partial charge on any atom is 0.255 e.